The van der Waals surface area contributed by atoms with Crippen LogP contribution in [0.2, 0.25) is 0 Å². The molecule has 2 rings (SSSR count). The topological polar surface area (TPSA) is 73.6 Å². The molecule has 1 aromatic rings. The minimum absolute atomic E-state index is 0.00841. The Morgan fingerprint density at radius 3 is 3.00 bits per heavy atom. The van der Waals surface area contributed by atoms with Gasteiger partial charge in [-0.3, -0.25) is 4.79 Å². The smallest absolute Gasteiger partial charge is 0.250 e. The second-order valence-electron chi connectivity index (χ2n) is 4.61. The fourth-order valence-electron chi connectivity index (χ4n) is 2.05. The quantitative estimate of drug-likeness (QED) is 0.777. The molecule has 0 radical (unpaired) electrons. The van der Waals surface area contributed by atoms with Crippen LogP contribution in [0.4, 0.5) is 5.69 Å². The van der Waals surface area contributed by atoms with Crippen LogP contribution in [-0.4, -0.2) is 36.8 Å². The molecule has 108 valence electrons. The first-order chi connectivity index (χ1) is 9.66. The zero-order chi connectivity index (χ0) is 14.4. The molecule has 1 aromatic carbocycles. The maximum atomic E-state index is 11.8. The number of hydrogen-bond donors (Lipinski definition) is 2. The number of nitrogens with one attached hydrogen (secondary N) is 1. The Bertz CT molecular complexity index is 487. The van der Waals surface area contributed by atoms with Gasteiger partial charge in [-0.05, 0) is 25.0 Å². The van der Waals surface area contributed by atoms with Gasteiger partial charge >= 0.3 is 0 Å². The summed E-state index contributed by atoms with van der Waals surface area (Å²) in [5, 5.41) is 2.74. The lowest BCUT2D eigenvalue weighted by Gasteiger charge is -2.12. The van der Waals surface area contributed by atoms with E-state index in [1.165, 1.54) is 0 Å². The van der Waals surface area contributed by atoms with Crippen LogP contribution in [0.25, 0.3) is 0 Å². The summed E-state index contributed by atoms with van der Waals surface area (Å²) in [5.74, 6) is -0.230. The van der Waals surface area contributed by atoms with Crippen molar-refractivity contribution in [3.63, 3.8) is 0 Å². The molecule has 0 saturated carbocycles. The van der Waals surface area contributed by atoms with Crippen LogP contribution >= 0.6 is 12.2 Å². The van der Waals surface area contributed by atoms with Crippen LogP contribution in [0.5, 0.6) is 0 Å². The van der Waals surface area contributed by atoms with Crippen LogP contribution in [0, 0.1) is 0 Å². The third kappa shape index (κ3) is 4.26. The number of para-hydroxylation sites is 1. The molecule has 1 saturated heterocycles. The van der Waals surface area contributed by atoms with Gasteiger partial charge in [0.15, 0.2) is 0 Å². The van der Waals surface area contributed by atoms with E-state index in [4.69, 9.17) is 27.4 Å². The lowest BCUT2D eigenvalue weighted by Crippen LogP contribution is -2.24. The zero-order valence-corrected chi connectivity index (χ0v) is 11.9. The molecule has 1 aliphatic heterocycles. The van der Waals surface area contributed by atoms with E-state index >= 15 is 0 Å². The van der Waals surface area contributed by atoms with Crippen molar-refractivity contribution < 1.29 is 14.3 Å². The minimum atomic E-state index is -0.230. The molecule has 1 aliphatic rings. The van der Waals surface area contributed by atoms with Gasteiger partial charge in [0.1, 0.15) is 11.6 Å². The maximum absolute atomic E-state index is 11.8. The van der Waals surface area contributed by atoms with Gasteiger partial charge in [0.25, 0.3) is 0 Å². The molecule has 3 N–H and O–H groups in total. The van der Waals surface area contributed by atoms with Crippen molar-refractivity contribution >= 4 is 28.8 Å². The molecule has 5 nitrogen and oxygen atoms in total. The van der Waals surface area contributed by atoms with Gasteiger partial charge in [-0.15, -0.1) is 0 Å². The van der Waals surface area contributed by atoms with E-state index in [-0.39, 0.29) is 23.6 Å². The summed E-state index contributed by atoms with van der Waals surface area (Å²) in [6.45, 7) is 1.22. The van der Waals surface area contributed by atoms with E-state index in [1.807, 2.05) is 12.1 Å². The largest absolute Gasteiger partial charge is 0.389 e. The summed E-state index contributed by atoms with van der Waals surface area (Å²) in [4.78, 5) is 12.1. The van der Waals surface area contributed by atoms with E-state index in [1.54, 1.807) is 12.1 Å². The number of hydrogen-bond acceptors (Lipinski definition) is 4. The molecule has 1 fully saturated rings. The van der Waals surface area contributed by atoms with Crippen molar-refractivity contribution in [1.82, 2.24) is 0 Å². The zero-order valence-electron chi connectivity index (χ0n) is 11.1. The standard InChI is InChI=1S/C14H18N2O3S/c15-14(20)11-5-1-2-6-12(11)16-13(17)9-18-8-10-4-3-7-19-10/h1-2,5-6,10H,3-4,7-9H2,(H2,15,20)(H,16,17). The number of carbonyl (C=O) groups excluding carboxylic acids is 1. The average Bonchev–Trinajstić information content (AvgIpc) is 2.92. The molecule has 0 bridgehead atoms. The highest BCUT2D eigenvalue weighted by atomic mass is 32.1. The summed E-state index contributed by atoms with van der Waals surface area (Å²) in [6.07, 6.45) is 2.17. The number of anilines is 1. The summed E-state index contributed by atoms with van der Waals surface area (Å²) in [7, 11) is 0. The SMILES string of the molecule is NC(=S)c1ccccc1NC(=O)COCC1CCCO1. The summed E-state index contributed by atoms with van der Waals surface area (Å²) >= 11 is 4.94. The average molecular weight is 294 g/mol. The van der Waals surface area contributed by atoms with Crippen molar-refractivity contribution in [2.75, 3.05) is 25.1 Å². The number of benzene rings is 1. The van der Waals surface area contributed by atoms with Crippen LogP contribution < -0.4 is 11.1 Å². The van der Waals surface area contributed by atoms with Crippen LogP contribution in [-0.2, 0) is 14.3 Å². The second-order valence-corrected chi connectivity index (χ2v) is 5.05. The summed E-state index contributed by atoms with van der Waals surface area (Å²) in [6, 6.07) is 7.15. The first-order valence-corrected chi connectivity index (χ1v) is 6.95. The molecule has 20 heavy (non-hydrogen) atoms. The number of thiocarbonyl (C=S) groups is 1. The van der Waals surface area contributed by atoms with Gasteiger partial charge in [0.05, 0.1) is 18.4 Å². The van der Waals surface area contributed by atoms with E-state index in [0.29, 0.717) is 17.9 Å². The molecule has 0 aromatic heterocycles. The van der Waals surface area contributed by atoms with E-state index in [9.17, 15) is 4.79 Å². The molecule has 1 amide bonds. The molecular weight excluding hydrogens is 276 g/mol. The van der Waals surface area contributed by atoms with Crippen molar-refractivity contribution in [2.24, 2.45) is 5.73 Å². The Kier molecular flexibility index (Phi) is 5.46. The van der Waals surface area contributed by atoms with Crippen molar-refractivity contribution in [1.29, 1.82) is 0 Å². The van der Waals surface area contributed by atoms with Gasteiger partial charge in [-0.2, -0.15) is 0 Å². The van der Waals surface area contributed by atoms with Crippen molar-refractivity contribution in [2.45, 2.75) is 18.9 Å². The Balaban J connectivity index is 1.80. The van der Waals surface area contributed by atoms with Crippen LogP contribution in [0.15, 0.2) is 24.3 Å². The predicted molar refractivity (Wildman–Crippen MR) is 80.8 cm³/mol. The molecule has 0 spiro atoms. The Morgan fingerprint density at radius 2 is 2.30 bits per heavy atom. The van der Waals surface area contributed by atoms with Crippen LogP contribution in [0.3, 0.4) is 0 Å². The Morgan fingerprint density at radius 1 is 1.50 bits per heavy atom. The first kappa shape index (κ1) is 14.9. The molecule has 0 aliphatic carbocycles. The number of amides is 1. The van der Waals surface area contributed by atoms with E-state index in [2.05, 4.69) is 5.32 Å². The predicted octanol–water partition coefficient (Wildman–Crippen LogP) is 1.45. The van der Waals surface area contributed by atoms with Gasteiger partial charge in [0.2, 0.25) is 5.91 Å². The second kappa shape index (κ2) is 7.33. The lowest BCUT2D eigenvalue weighted by atomic mass is 10.2. The third-order valence-corrected chi connectivity index (χ3v) is 3.25. The van der Waals surface area contributed by atoms with Gasteiger partial charge in [-0.1, -0.05) is 24.4 Å². The fourth-order valence-corrected chi connectivity index (χ4v) is 2.23. The van der Waals surface area contributed by atoms with E-state index in [0.717, 1.165) is 19.4 Å². The van der Waals surface area contributed by atoms with Crippen molar-refractivity contribution in [3.05, 3.63) is 29.8 Å². The van der Waals surface area contributed by atoms with Gasteiger partial charge < -0.3 is 20.5 Å². The normalized spacial score (nSPS) is 17.9. The molecule has 1 heterocycles. The molecule has 1 unspecified atom stereocenters. The summed E-state index contributed by atoms with van der Waals surface area (Å²) < 4.78 is 10.8. The first-order valence-electron chi connectivity index (χ1n) is 6.55. The van der Waals surface area contributed by atoms with Crippen molar-refractivity contribution in [3.8, 4) is 0 Å². The molecule has 1 atom stereocenters. The summed E-state index contributed by atoms with van der Waals surface area (Å²) in [5.41, 5.74) is 6.86. The highest BCUT2D eigenvalue weighted by molar-refractivity contribution is 7.80. The number of nitrogens with two attached hydrogens (primary N) is 1. The number of ether oxygens (including phenoxy) is 2. The van der Waals surface area contributed by atoms with Crippen LogP contribution in [0.1, 0.15) is 18.4 Å². The van der Waals surface area contributed by atoms with Gasteiger partial charge in [0, 0.05) is 12.2 Å². The Labute approximate surface area is 123 Å². The highest BCUT2D eigenvalue weighted by Gasteiger charge is 2.16. The molecular formula is C14H18N2O3S. The molecule has 6 heteroatoms. The monoisotopic (exact) mass is 294 g/mol. The number of carbonyl (C=O) groups is 1. The van der Waals surface area contributed by atoms with Gasteiger partial charge in [-0.25, -0.2) is 0 Å². The fraction of sp³-hybridized carbons (Fsp3) is 0.429. The number of rotatable bonds is 6. The third-order valence-electron chi connectivity index (χ3n) is 3.03. The highest BCUT2D eigenvalue weighted by Crippen LogP contribution is 2.15. The maximum Gasteiger partial charge on any atom is 0.250 e. The minimum Gasteiger partial charge on any atom is -0.389 e. The Hall–Kier alpha value is -1.50. The lowest BCUT2D eigenvalue weighted by molar-refractivity contribution is -0.121. The van der Waals surface area contributed by atoms with E-state index < -0.39 is 0 Å².